The summed E-state index contributed by atoms with van der Waals surface area (Å²) in [7, 11) is 3.06. The second-order valence-corrected chi connectivity index (χ2v) is 7.85. The Balaban J connectivity index is 1.58. The van der Waals surface area contributed by atoms with Crippen LogP contribution in [-0.4, -0.2) is 26.3 Å². The van der Waals surface area contributed by atoms with Gasteiger partial charge in [-0.25, -0.2) is 5.43 Å². The Hall–Kier alpha value is -4.03. The Morgan fingerprint density at radius 3 is 2.35 bits per heavy atom. The van der Waals surface area contributed by atoms with Gasteiger partial charge in [0, 0.05) is 22.2 Å². The third kappa shape index (κ3) is 5.47. The number of nitrogens with one attached hydrogen (secondary N) is 1. The summed E-state index contributed by atoms with van der Waals surface area (Å²) in [6, 6.07) is 24.2. The van der Waals surface area contributed by atoms with Crippen molar-refractivity contribution in [3.8, 4) is 17.2 Å². The molecule has 6 nitrogen and oxygen atoms in total. The first-order valence-electron chi connectivity index (χ1n) is 10.5. The maximum atomic E-state index is 12.7. The van der Waals surface area contributed by atoms with E-state index in [2.05, 4.69) is 10.5 Å². The van der Waals surface area contributed by atoms with Crippen LogP contribution in [0.15, 0.2) is 84.0 Å². The van der Waals surface area contributed by atoms with Crippen molar-refractivity contribution in [3.63, 3.8) is 0 Å². The van der Waals surface area contributed by atoms with Crippen LogP contribution in [0.5, 0.6) is 17.2 Å². The van der Waals surface area contributed by atoms with Crippen molar-refractivity contribution >= 4 is 34.5 Å². The fourth-order valence-electron chi connectivity index (χ4n) is 3.43. The molecular formula is C27H23ClN2O4. The van der Waals surface area contributed by atoms with E-state index in [0.29, 0.717) is 34.4 Å². The fraction of sp³-hybridized carbons (Fsp3) is 0.111. The standard InChI is InChI=1S/C27H23ClN2O4/c1-32-22-13-20(14-23(15-22)33-2)27(31)30-29-16-25-24-6-4-3-5-19(24)9-12-26(25)34-17-18-7-10-21(28)11-8-18/h3-16H,17H2,1-2H3,(H,30,31)/b29-16-. The summed E-state index contributed by atoms with van der Waals surface area (Å²) >= 11 is 5.97. The Morgan fingerprint density at radius 2 is 1.65 bits per heavy atom. The number of amides is 1. The summed E-state index contributed by atoms with van der Waals surface area (Å²) in [4.78, 5) is 12.7. The molecule has 0 aliphatic carbocycles. The molecule has 0 saturated carbocycles. The highest BCUT2D eigenvalue weighted by molar-refractivity contribution is 6.30. The van der Waals surface area contributed by atoms with E-state index < -0.39 is 5.91 Å². The van der Waals surface area contributed by atoms with Gasteiger partial charge in [0.2, 0.25) is 0 Å². The maximum Gasteiger partial charge on any atom is 0.271 e. The third-order valence-corrected chi connectivity index (χ3v) is 5.46. The number of ether oxygens (including phenoxy) is 3. The number of hydrazone groups is 1. The Kier molecular flexibility index (Phi) is 7.30. The zero-order valence-electron chi connectivity index (χ0n) is 18.7. The van der Waals surface area contributed by atoms with Crippen LogP contribution in [-0.2, 0) is 6.61 Å². The van der Waals surface area contributed by atoms with Crippen LogP contribution in [0.25, 0.3) is 10.8 Å². The molecule has 0 aliphatic rings. The highest BCUT2D eigenvalue weighted by atomic mass is 35.5. The van der Waals surface area contributed by atoms with Crippen molar-refractivity contribution in [2.45, 2.75) is 6.61 Å². The minimum Gasteiger partial charge on any atom is -0.497 e. The topological polar surface area (TPSA) is 69.2 Å². The van der Waals surface area contributed by atoms with Gasteiger partial charge in [-0.05, 0) is 46.7 Å². The highest BCUT2D eigenvalue weighted by Crippen LogP contribution is 2.28. The van der Waals surface area contributed by atoms with E-state index in [0.717, 1.165) is 21.9 Å². The molecule has 0 aliphatic heterocycles. The molecule has 0 bridgehead atoms. The number of hydrogen-bond donors (Lipinski definition) is 1. The molecule has 0 spiro atoms. The van der Waals surface area contributed by atoms with Crippen molar-refractivity contribution in [3.05, 3.63) is 101 Å². The average Bonchev–Trinajstić information content (AvgIpc) is 2.88. The summed E-state index contributed by atoms with van der Waals surface area (Å²) in [5, 5.41) is 6.87. The van der Waals surface area contributed by atoms with Gasteiger partial charge in [0.15, 0.2) is 0 Å². The Labute approximate surface area is 202 Å². The van der Waals surface area contributed by atoms with Crippen molar-refractivity contribution in [2.75, 3.05) is 14.2 Å². The number of carbonyl (C=O) groups excluding carboxylic acids is 1. The number of fused-ring (bicyclic) bond motifs is 1. The average molecular weight is 475 g/mol. The lowest BCUT2D eigenvalue weighted by atomic mass is 10.0. The third-order valence-electron chi connectivity index (χ3n) is 5.21. The minimum atomic E-state index is -0.391. The maximum absolute atomic E-state index is 12.7. The molecule has 4 aromatic carbocycles. The molecular weight excluding hydrogens is 452 g/mol. The molecule has 7 heteroatoms. The first-order valence-corrected chi connectivity index (χ1v) is 10.9. The predicted octanol–water partition coefficient (Wildman–Crippen LogP) is 5.85. The largest absolute Gasteiger partial charge is 0.497 e. The van der Waals surface area contributed by atoms with Gasteiger partial charge in [-0.3, -0.25) is 4.79 Å². The molecule has 0 aromatic heterocycles. The van der Waals surface area contributed by atoms with E-state index in [4.69, 9.17) is 25.8 Å². The lowest BCUT2D eigenvalue weighted by molar-refractivity contribution is 0.0954. The summed E-state index contributed by atoms with van der Waals surface area (Å²) in [6.07, 6.45) is 1.59. The molecule has 0 atom stereocenters. The van der Waals surface area contributed by atoms with Crippen LogP contribution in [0.3, 0.4) is 0 Å². The molecule has 0 unspecified atom stereocenters. The summed E-state index contributed by atoms with van der Waals surface area (Å²) in [5.74, 6) is 1.29. The van der Waals surface area contributed by atoms with Gasteiger partial charge in [0.1, 0.15) is 23.9 Å². The number of methoxy groups -OCH3 is 2. The summed E-state index contributed by atoms with van der Waals surface area (Å²) in [6.45, 7) is 0.367. The fourth-order valence-corrected chi connectivity index (χ4v) is 3.56. The molecule has 0 heterocycles. The van der Waals surface area contributed by atoms with Crippen LogP contribution < -0.4 is 19.6 Å². The van der Waals surface area contributed by atoms with E-state index in [-0.39, 0.29) is 0 Å². The molecule has 0 radical (unpaired) electrons. The normalized spacial score (nSPS) is 10.9. The first-order chi connectivity index (χ1) is 16.6. The van der Waals surface area contributed by atoms with Crippen LogP contribution in [0.2, 0.25) is 5.02 Å². The van der Waals surface area contributed by atoms with Gasteiger partial charge >= 0.3 is 0 Å². The molecule has 0 saturated heterocycles. The molecule has 172 valence electrons. The number of rotatable bonds is 8. The summed E-state index contributed by atoms with van der Waals surface area (Å²) < 4.78 is 16.6. The van der Waals surface area contributed by atoms with Gasteiger partial charge in [-0.1, -0.05) is 54.1 Å². The number of nitrogens with zero attached hydrogens (tertiary/aromatic N) is 1. The molecule has 4 aromatic rings. The van der Waals surface area contributed by atoms with E-state index in [1.165, 1.54) is 14.2 Å². The zero-order valence-corrected chi connectivity index (χ0v) is 19.5. The second kappa shape index (κ2) is 10.7. The SMILES string of the molecule is COc1cc(OC)cc(C(=O)N/N=C\c2c(OCc3ccc(Cl)cc3)ccc3ccccc23)c1. The van der Waals surface area contributed by atoms with E-state index in [9.17, 15) is 4.79 Å². The van der Waals surface area contributed by atoms with Gasteiger partial charge < -0.3 is 14.2 Å². The smallest absolute Gasteiger partial charge is 0.271 e. The number of hydrogen-bond acceptors (Lipinski definition) is 5. The van der Waals surface area contributed by atoms with Gasteiger partial charge in [0.05, 0.1) is 20.4 Å². The molecule has 1 amide bonds. The lowest BCUT2D eigenvalue weighted by Crippen LogP contribution is -2.18. The monoisotopic (exact) mass is 474 g/mol. The van der Waals surface area contributed by atoms with Gasteiger partial charge in [-0.2, -0.15) is 5.10 Å². The van der Waals surface area contributed by atoms with E-state index >= 15 is 0 Å². The molecule has 34 heavy (non-hydrogen) atoms. The Morgan fingerprint density at radius 1 is 0.941 bits per heavy atom. The molecule has 0 fully saturated rings. The quantitative estimate of drug-likeness (QED) is 0.257. The van der Waals surface area contributed by atoms with Crippen LogP contribution in [0.4, 0.5) is 0 Å². The van der Waals surface area contributed by atoms with E-state index in [1.807, 2.05) is 60.7 Å². The van der Waals surface area contributed by atoms with Crippen LogP contribution in [0.1, 0.15) is 21.5 Å². The van der Waals surface area contributed by atoms with Gasteiger partial charge in [-0.15, -0.1) is 0 Å². The lowest BCUT2D eigenvalue weighted by Gasteiger charge is -2.12. The zero-order chi connectivity index (χ0) is 23.9. The second-order valence-electron chi connectivity index (χ2n) is 7.41. The van der Waals surface area contributed by atoms with Crippen molar-refractivity contribution < 1.29 is 19.0 Å². The highest BCUT2D eigenvalue weighted by Gasteiger charge is 2.11. The van der Waals surface area contributed by atoms with Crippen LogP contribution in [0, 0.1) is 0 Å². The molecule has 1 N–H and O–H groups in total. The van der Waals surface area contributed by atoms with Gasteiger partial charge in [0.25, 0.3) is 5.91 Å². The van der Waals surface area contributed by atoms with Crippen molar-refractivity contribution in [1.29, 1.82) is 0 Å². The number of halogens is 1. The van der Waals surface area contributed by atoms with Crippen LogP contribution >= 0.6 is 11.6 Å². The summed E-state index contributed by atoms with van der Waals surface area (Å²) in [5.41, 5.74) is 4.68. The Bertz CT molecular complexity index is 1310. The minimum absolute atomic E-state index is 0.366. The molecule has 4 rings (SSSR count). The first kappa shape index (κ1) is 23.1. The van der Waals surface area contributed by atoms with Crippen molar-refractivity contribution in [1.82, 2.24) is 5.43 Å². The predicted molar refractivity (Wildman–Crippen MR) is 134 cm³/mol. The number of benzene rings is 4. The number of carbonyl (C=O) groups is 1. The van der Waals surface area contributed by atoms with Crippen molar-refractivity contribution in [2.24, 2.45) is 5.10 Å². The van der Waals surface area contributed by atoms with E-state index in [1.54, 1.807) is 24.4 Å².